The van der Waals surface area contributed by atoms with Crippen molar-refractivity contribution in [2.24, 2.45) is 0 Å². The smallest absolute Gasteiger partial charge is 0.219 e. The summed E-state index contributed by atoms with van der Waals surface area (Å²) in [5, 5.41) is 28.5. The van der Waals surface area contributed by atoms with Crippen LogP contribution in [0.15, 0.2) is 24.3 Å². The minimum Gasteiger partial charge on any atom is -0.392 e. The molecule has 0 aromatic heterocycles. The molecule has 8 aliphatic rings. The molecule has 3 unspecified atom stereocenters. The van der Waals surface area contributed by atoms with Crippen LogP contribution in [0.1, 0.15) is 212 Å². The lowest BCUT2D eigenvalue weighted by atomic mass is 10.0. The van der Waals surface area contributed by atoms with E-state index in [-0.39, 0.29) is 34.2 Å². The number of hydrogen-bond donors (Lipinski definition) is 3. The molecular formula is C73H149N11O6. The lowest BCUT2D eigenvalue weighted by molar-refractivity contribution is -0.131. The number of amides is 2. The van der Waals surface area contributed by atoms with Gasteiger partial charge in [-0.2, -0.15) is 0 Å². The van der Waals surface area contributed by atoms with E-state index in [0.29, 0.717) is 35.0 Å². The second kappa shape index (κ2) is 39.8. The van der Waals surface area contributed by atoms with Crippen molar-refractivity contribution in [3.05, 3.63) is 24.3 Å². The van der Waals surface area contributed by atoms with Gasteiger partial charge in [0, 0.05) is 189 Å². The molecule has 17 nitrogen and oxygen atoms in total. The highest BCUT2D eigenvalue weighted by Gasteiger charge is 2.31. The molecule has 0 aromatic carbocycles. The number of β-amino-alcohol motifs (C(OH)–C–C–N with tert-alkyl or cyclic N) is 1. The molecule has 6 fully saturated rings. The number of nitrogens with zero attached hydrogens (tertiary/aromatic N) is 11. The molecule has 6 saturated heterocycles. The third-order valence-corrected chi connectivity index (χ3v) is 18.6. The first-order valence-corrected chi connectivity index (χ1v) is 35.2. The van der Waals surface area contributed by atoms with Gasteiger partial charge in [-0.05, 0) is 218 Å². The van der Waals surface area contributed by atoms with Crippen molar-refractivity contribution in [3.63, 3.8) is 0 Å². The molecule has 0 spiro atoms. The van der Waals surface area contributed by atoms with Crippen molar-refractivity contribution in [2.75, 3.05) is 164 Å². The van der Waals surface area contributed by atoms with Gasteiger partial charge in [-0.1, -0.05) is 24.3 Å². The van der Waals surface area contributed by atoms with E-state index < -0.39 is 12.2 Å². The van der Waals surface area contributed by atoms with Crippen LogP contribution in [0.25, 0.3) is 0 Å². The number of hydrogen-bond acceptors (Lipinski definition) is 15. The number of rotatable bonds is 1. The van der Waals surface area contributed by atoms with E-state index in [1.165, 1.54) is 52.0 Å². The molecule has 8 heterocycles. The Hall–Kier alpha value is -2.10. The van der Waals surface area contributed by atoms with Crippen LogP contribution in [-0.2, 0) is 14.3 Å². The Morgan fingerprint density at radius 3 is 1.06 bits per heavy atom. The molecule has 8 rings (SSSR count). The molecule has 0 aromatic rings. The maximum absolute atomic E-state index is 11.1. The summed E-state index contributed by atoms with van der Waals surface area (Å²) in [5.41, 5.74) is 2.23. The first kappa shape index (κ1) is 85.9. The van der Waals surface area contributed by atoms with Crippen LogP contribution in [0.5, 0.6) is 0 Å². The lowest BCUT2D eigenvalue weighted by Gasteiger charge is -2.42. The third kappa shape index (κ3) is 36.7. The van der Waals surface area contributed by atoms with Gasteiger partial charge in [0.2, 0.25) is 12.3 Å². The summed E-state index contributed by atoms with van der Waals surface area (Å²) in [6, 6.07) is 0. The van der Waals surface area contributed by atoms with E-state index in [0.717, 1.165) is 137 Å². The first-order chi connectivity index (χ1) is 41.2. The first-order valence-electron chi connectivity index (χ1n) is 35.2. The van der Waals surface area contributed by atoms with E-state index in [1.807, 2.05) is 9.80 Å². The van der Waals surface area contributed by atoms with Gasteiger partial charge in [0.25, 0.3) is 0 Å². The molecule has 0 radical (unpaired) electrons. The fourth-order valence-electron chi connectivity index (χ4n) is 11.7. The quantitative estimate of drug-likeness (QED) is 0.170. The minimum absolute atomic E-state index is 0.105. The number of aliphatic hydroxyl groups is 3. The van der Waals surface area contributed by atoms with Crippen molar-refractivity contribution in [3.8, 4) is 0 Å². The molecule has 3 N–H and O–H groups in total. The average molecular weight is 1280 g/mol. The number of carbonyl (C=O) groups is 2. The predicted octanol–water partition coefficient (Wildman–Crippen LogP) is 9.60. The zero-order valence-electron chi connectivity index (χ0n) is 63.8. The van der Waals surface area contributed by atoms with Gasteiger partial charge in [-0.15, -0.1) is 0 Å². The van der Waals surface area contributed by atoms with Gasteiger partial charge in [-0.25, -0.2) is 0 Å². The highest BCUT2D eigenvalue weighted by atomic mass is 16.5. The molecule has 3 atom stereocenters. The zero-order valence-corrected chi connectivity index (χ0v) is 63.8. The number of morpholine rings is 1. The molecule has 17 heteroatoms. The lowest BCUT2D eigenvalue weighted by Crippen LogP contribution is -2.54. The molecule has 0 saturated carbocycles. The van der Waals surface area contributed by atoms with E-state index in [9.17, 15) is 24.9 Å². The summed E-state index contributed by atoms with van der Waals surface area (Å²) in [5.74, 6) is 0.202. The molecule has 0 aliphatic carbocycles. The maximum Gasteiger partial charge on any atom is 0.219 e. The summed E-state index contributed by atoms with van der Waals surface area (Å²) < 4.78 is 5.25. The molecule has 2 amide bonds. The van der Waals surface area contributed by atoms with Crippen LogP contribution in [0.4, 0.5) is 0 Å². The number of piperazine rings is 3. The molecule has 0 bridgehead atoms. The average Bonchev–Trinajstić information content (AvgIpc) is 2.55. The van der Waals surface area contributed by atoms with E-state index in [1.54, 1.807) is 6.92 Å². The van der Waals surface area contributed by atoms with Crippen LogP contribution in [0.3, 0.4) is 0 Å². The number of carbonyl (C=O) groups excluding carboxylic acids is 2. The minimum atomic E-state index is -0.535. The van der Waals surface area contributed by atoms with Gasteiger partial charge in [0.15, 0.2) is 0 Å². The Morgan fingerprint density at radius 2 is 0.733 bits per heavy atom. The van der Waals surface area contributed by atoms with Crippen LogP contribution >= 0.6 is 0 Å². The fourth-order valence-corrected chi connectivity index (χ4v) is 11.7. The van der Waals surface area contributed by atoms with Crippen LogP contribution in [0, 0.1) is 0 Å². The Kier molecular flexibility index (Phi) is 38.0. The summed E-state index contributed by atoms with van der Waals surface area (Å²) in [4.78, 5) is 47.1. The topological polar surface area (TPSA) is 140 Å². The molecule has 90 heavy (non-hydrogen) atoms. The zero-order chi connectivity index (χ0) is 69.1. The van der Waals surface area contributed by atoms with Gasteiger partial charge in [0.05, 0.1) is 31.5 Å². The maximum atomic E-state index is 11.1. The predicted molar refractivity (Wildman–Crippen MR) is 383 cm³/mol. The van der Waals surface area contributed by atoms with Crippen molar-refractivity contribution >= 4 is 12.3 Å². The molecule has 8 aliphatic heterocycles. The van der Waals surface area contributed by atoms with Crippen LogP contribution in [0.2, 0.25) is 0 Å². The summed E-state index contributed by atoms with van der Waals surface area (Å²) in [6.07, 6.45) is 14.7. The highest BCUT2D eigenvalue weighted by molar-refractivity contribution is 5.73. The number of likely N-dealkylation sites (N-methyl/N-ethyl adjacent to an activating group) is 1. The van der Waals surface area contributed by atoms with Gasteiger partial charge in [-0.3, -0.25) is 48.8 Å². The number of aliphatic hydroxyl groups excluding tert-OH is 3. The Bertz CT molecular complexity index is 1930. The van der Waals surface area contributed by atoms with E-state index >= 15 is 0 Å². The van der Waals surface area contributed by atoms with Crippen molar-refractivity contribution in [1.29, 1.82) is 0 Å². The molecule has 532 valence electrons. The number of ether oxygens (including phenoxy) is 1. The summed E-state index contributed by atoms with van der Waals surface area (Å²) in [7, 11) is 2.19. The monoisotopic (exact) mass is 1280 g/mol. The second-order valence-corrected chi connectivity index (χ2v) is 34.3. The summed E-state index contributed by atoms with van der Waals surface area (Å²) in [6.45, 7) is 80.0. The number of likely N-dealkylation sites (tertiary alicyclic amines) is 2. The van der Waals surface area contributed by atoms with Crippen molar-refractivity contribution in [2.45, 2.75) is 274 Å². The van der Waals surface area contributed by atoms with E-state index in [4.69, 9.17) is 4.74 Å². The second-order valence-electron chi connectivity index (χ2n) is 34.3. The van der Waals surface area contributed by atoms with Crippen LogP contribution in [-0.4, -0.2) is 308 Å². The fraction of sp³-hybridized carbons (Fsp3) is 0.918. The summed E-state index contributed by atoms with van der Waals surface area (Å²) >= 11 is 0. The SMILES string of the molecule is CC(=O)N1CCN(C(C)(C)C)CC1.CC(C)(C)N1CC=CC1.CC(C)(C)N1CC=CCC1.CC(C)(C)N1CCC(O)C(O)CC1.CC(C)(C)N1CCCCC(O)C1.CC(C)(C)N1CCN(C=O)CC1.CC(C)(C)N1CCOCC1.CN1CCN(C(C)(C)C)CC1. The Morgan fingerprint density at radius 1 is 0.389 bits per heavy atom. The Balaban J connectivity index is 0.000000516. The van der Waals surface area contributed by atoms with Crippen molar-refractivity contribution < 1.29 is 29.6 Å². The molecular weight excluding hydrogens is 1130 g/mol. The third-order valence-electron chi connectivity index (χ3n) is 18.6. The largest absolute Gasteiger partial charge is 0.392 e. The van der Waals surface area contributed by atoms with Crippen LogP contribution < -0.4 is 0 Å². The van der Waals surface area contributed by atoms with Gasteiger partial charge >= 0.3 is 0 Å². The van der Waals surface area contributed by atoms with E-state index in [2.05, 4.69) is 242 Å². The normalized spacial score (nSPS) is 24.3. The van der Waals surface area contributed by atoms with Gasteiger partial charge in [0.1, 0.15) is 0 Å². The van der Waals surface area contributed by atoms with Crippen molar-refractivity contribution in [1.82, 2.24) is 53.9 Å². The Labute approximate surface area is 556 Å². The standard InChI is InChI=1S/C10H20N2O.C10H21NO2.C10H21NO.C9H18N2O.C9H20N2.C9H17N.C8H17NO.C8H15N/c1-9(13)11-5-7-12(8-6-11)10(2,3)4;1-10(2,3)11-6-4-8(12)9(13)5-7-11;1-10(2,3)11-7-5-4-6-9(12)8-11;1-9(2,3)11-6-4-10(8-12)5-7-11;1-9(2,3)11-7-5-10(4)6-8-11;1-9(2,3)10-7-5-4-6-8-10;1-8(2,3)9-4-6-10-7-5-9;1-8(2,3)9-6-4-5-7-9/h5-8H2,1-4H3;8-9,12-13H,4-7H2,1-3H3;9,12H,4-8H2,1-3H3;8H,4-7H2,1-3H3;5-8H2,1-4H3;4-5H,6-8H2,1-3H3;4-7H2,1-3H3;4-5H,6-7H2,1-3H3. The van der Waals surface area contributed by atoms with Gasteiger partial charge < -0.3 is 34.8 Å². The highest BCUT2D eigenvalue weighted by Crippen LogP contribution is 2.23.